The van der Waals surface area contributed by atoms with Gasteiger partial charge < -0.3 is 15.2 Å². The molecule has 0 aromatic carbocycles. The van der Waals surface area contributed by atoms with Crippen molar-refractivity contribution in [3.05, 3.63) is 0 Å². The van der Waals surface area contributed by atoms with Gasteiger partial charge in [-0.05, 0) is 26.2 Å². The normalized spacial score (nSPS) is 33.2. The molecule has 0 spiro atoms. The average Bonchev–Trinajstić information content (AvgIpc) is 2.06. The highest BCUT2D eigenvalue weighted by Crippen LogP contribution is 2.27. The van der Waals surface area contributed by atoms with E-state index in [0.717, 1.165) is 19.4 Å². The largest absolute Gasteiger partial charge is 0.382 e. The molecule has 0 bridgehead atoms. The second-order valence-electron chi connectivity index (χ2n) is 3.59. The van der Waals surface area contributed by atoms with Gasteiger partial charge in [0, 0.05) is 19.8 Å². The van der Waals surface area contributed by atoms with Crippen LogP contribution in [0.1, 0.15) is 26.2 Å². The van der Waals surface area contributed by atoms with E-state index in [4.69, 9.17) is 15.2 Å². The van der Waals surface area contributed by atoms with Crippen molar-refractivity contribution in [2.45, 2.75) is 37.8 Å². The van der Waals surface area contributed by atoms with E-state index >= 15 is 0 Å². The maximum atomic E-state index is 5.88. The third-order valence-electron chi connectivity index (χ3n) is 2.60. The van der Waals surface area contributed by atoms with Gasteiger partial charge in [-0.1, -0.05) is 0 Å². The van der Waals surface area contributed by atoms with E-state index in [1.54, 1.807) is 7.11 Å². The molecule has 1 saturated heterocycles. The van der Waals surface area contributed by atoms with E-state index in [-0.39, 0.29) is 11.6 Å². The van der Waals surface area contributed by atoms with Gasteiger partial charge in [0.2, 0.25) is 0 Å². The zero-order valence-corrected chi connectivity index (χ0v) is 8.01. The molecule has 1 fully saturated rings. The van der Waals surface area contributed by atoms with Crippen molar-refractivity contribution in [3.8, 4) is 0 Å². The quantitative estimate of drug-likeness (QED) is 0.690. The van der Waals surface area contributed by atoms with Crippen molar-refractivity contribution < 1.29 is 9.47 Å². The Labute approximate surface area is 74.2 Å². The summed E-state index contributed by atoms with van der Waals surface area (Å²) in [7, 11) is 1.70. The smallest absolute Gasteiger partial charge is 0.106 e. The van der Waals surface area contributed by atoms with Crippen LogP contribution in [-0.2, 0) is 9.47 Å². The van der Waals surface area contributed by atoms with Crippen LogP contribution in [0.5, 0.6) is 0 Å². The minimum absolute atomic E-state index is 0.0535. The first-order valence-electron chi connectivity index (χ1n) is 4.60. The lowest BCUT2D eigenvalue weighted by atomic mass is 9.88. The van der Waals surface area contributed by atoms with Crippen LogP contribution in [0.2, 0.25) is 0 Å². The molecule has 0 aromatic rings. The van der Waals surface area contributed by atoms with Crippen molar-refractivity contribution in [2.24, 2.45) is 5.73 Å². The molecule has 0 saturated carbocycles. The van der Waals surface area contributed by atoms with Gasteiger partial charge in [-0.3, -0.25) is 0 Å². The number of nitrogens with two attached hydrogens (primary N) is 1. The lowest BCUT2D eigenvalue weighted by Crippen LogP contribution is -2.53. The molecule has 2 atom stereocenters. The van der Waals surface area contributed by atoms with Gasteiger partial charge in [-0.2, -0.15) is 0 Å². The highest BCUT2D eigenvalue weighted by atomic mass is 16.5. The highest BCUT2D eigenvalue weighted by Gasteiger charge is 2.36. The molecule has 1 heterocycles. The molecular weight excluding hydrogens is 154 g/mol. The Hall–Kier alpha value is -0.120. The number of ether oxygens (including phenoxy) is 2. The molecule has 1 rings (SSSR count). The highest BCUT2D eigenvalue weighted by molar-refractivity contribution is 4.90. The second kappa shape index (κ2) is 4.21. The summed E-state index contributed by atoms with van der Waals surface area (Å²) in [6.45, 7) is 3.43. The van der Waals surface area contributed by atoms with Gasteiger partial charge in [-0.15, -0.1) is 0 Å². The summed E-state index contributed by atoms with van der Waals surface area (Å²) in [5, 5.41) is 0. The van der Waals surface area contributed by atoms with Crippen molar-refractivity contribution in [2.75, 3.05) is 20.3 Å². The summed E-state index contributed by atoms with van der Waals surface area (Å²) >= 11 is 0. The van der Waals surface area contributed by atoms with Crippen LogP contribution < -0.4 is 5.73 Å². The van der Waals surface area contributed by atoms with Crippen LogP contribution in [0.15, 0.2) is 0 Å². The molecule has 12 heavy (non-hydrogen) atoms. The summed E-state index contributed by atoms with van der Waals surface area (Å²) < 4.78 is 10.9. The van der Waals surface area contributed by atoms with Crippen molar-refractivity contribution in [1.29, 1.82) is 0 Å². The van der Waals surface area contributed by atoms with Gasteiger partial charge >= 0.3 is 0 Å². The summed E-state index contributed by atoms with van der Waals surface area (Å²) in [6, 6.07) is 0.0535. The molecule has 0 aromatic heterocycles. The minimum Gasteiger partial charge on any atom is -0.382 e. The SMILES string of the molecule is COCC1([C@@H](C)N)CCCCO1. The predicted octanol–water partition coefficient (Wildman–Crippen LogP) is 0.919. The number of hydrogen-bond donors (Lipinski definition) is 1. The third kappa shape index (κ3) is 1.97. The predicted molar refractivity (Wildman–Crippen MR) is 48.1 cm³/mol. The van der Waals surface area contributed by atoms with Crippen molar-refractivity contribution in [1.82, 2.24) is 0 Å². The Morgan fingerprint density at radius 1 is 1.58 bits per heavy atom. The first-order valence-corrected chi connectivity index (χ1v) is 4.60. The van der Waals surface area contributed by atoms with Gasteiger partial charge in [0.05, 0.1) is 6.61 Å². The van der Waals surface area contributed by atoms with E-state index in [1.807, 2.05) is 6.92 Å². The van der Waals surface area contributed by atoms with Crippen LogP contribution in [0, 0.1) is 0 Å². The summed E-state index contributed by atoms with van der Waals surface area (Å²) in [5.41, 5.74) is 5.67. The molecule has 1 aliphatic heterocycles. The standard InChI is InChI=1S/C9H19NO2/c1-8(10)9(7-11-2)5-3-4-6-12-9/h8H,3-7,10H2,1-2H3/t8-,9?/m1/s1. The fourth-order valence-electron chi connectivity index (χ4n) is 1.72. The Bertz CT molecular complexity index is 125. The summed E-state index contributed by atoms with van der Waals surface area (Å²) in [6.07, 6.45) is 3.38. The number of rotatable bonds is 3. The molecule has 2 N–H and O–H groups in total. The average molecular weight is 173 g/mol. The molecule has 72 valence electrons. The Kier molecular flexibility index (Phi) is 3.50. The topological polar surface area (TPSA) is 44.5 Å². The molecule has 0 amide bonds. The third-order valence-corrected chi connectivity index (χ3v) is 2.60. The van der Waals surface area contributed by atoms with E-state index in [1.165, 1.54) is 6.42 Å². The molecule has 0 radical (unpaired) electrons. The Morgan fingerprint density at radius 2 is 2.33 bits per heavy atom. The second-order valence-corrected chi connectivity index (χ2v) is 3.59. The van der Waals surface area contributed by atoms with Crippen LogP contribution in [0.4, 0.5) is 0 Å². The Balaban J connectivity index is 2.56. The van der Waals surface area contributed by atoms with Crippen molar-refractivity contribution in [3.63, 3.8) is 0 Å². The van der Waals surface area contributed by atoms with Crippen molar-refractivity contribution >= 4 is 0 Å². The lowest BCUT2D eigenvalue weighted by Gasteiger charge is -2.39. The zero-order chi connectivity index (χ0) is 9.03. The first kappa shape index (κ1) is 9.96. The fraction of sp³-hybridized carbons (Fsp3) is 1.00. The molecule has 1 unspecified atom stereocenters. The van der Waals surface area contributed by atoms with Crippen LogP contribution in [-0.4, -0.2) is 32.0 Å². The van der Waals surface area contributed by atoms with Crippen LogP contribution in [0.3, 0.4) is 0 Å². The van der Waals surface area contributed by atoms with E-state index < -0.39 is 0 Å². The lowest BCUT2D eigenvalue weighted by molar-refractivity contribution is -0.126. The molecule has 1 aliphatic rings. The Morgan fingerprint density at radius 3 is 2.75 bits per heavy atom. The van der Waals surface area contributed by atoms with Crippen LogP contribution >= 0.6 is 0 Å². The number of methoxy groups -OCH3 is 1. The molecule has 3 nitrogen and oxygen atoms in total. The van der Waals surface area contributed by atoms with E-state index in [9.17, 15) is 0 Å². The summed E-state index contributed by atoms with van der Waals surface area (Å²) in [5.74, 6) is 0. The molecule has 0 aliphatic carbocycles. The maximum Gasteiger partial charge on any atom is 0.106 e. The maximum absolute atomic E-state index is 5.88. The molecule has 3 heteroatoms. The summed E-state index contributed by atoms with van der Waals surface area (Å²) in [4.78, 5) is 0. The first-order chi connectivity index (χ1) is 5.71. The van der Waals surface area contributed by atoms with Gasteiger partial charge in [0.1, 0.15) is 5.60 Å². The minimum atomic E-state index is -0.215. The van der Waals surface area contributed by atoms with E-state index in [2.05, 4.69) is 0 Å². The molecular formula is C9H19NO2. The van der Waals surface area contributed by atoms with Gasteiger partial charge in [0.15, 0.2) is 0 Å². The van der Waals surface area contributed by atoms with Gasteiger partial charge in [-0.25, -0.2) is 0 Å². The fourth-order valence-corrected chi connectivity index (χ4v) is 1.72. The number of hydrogen-bond acceptors (Lipinski definition) is 3. The van der Waals surface area contributed by atoms with E-state index in [0.29, 0.717) is 6.61 Å². The monoisotopic (exact) mass is 173 g/mol. The van der Waals surface area contributed by atoms with Gasteiger partial charge in [0.25, 0.3) is 0 Å². The van der Waals surface area contributed by atoms with Crippen LogP contribution in [0.25, 0.3) is 0 Å². The zero-order valence-electron chi connectivity index (χ0n) is 8.01.